The van der Waals surface area contributed by atoms with Gasteiger partial charge in [0.05, 0.1) is 0 Å². The molecule has 7 nitrogen and oxygen atoms in total. The molecule has 1 saturated heterocycles. The van der Waals surface area contributed by atoms with E-state index in [4.69, 9.17) is 4.74 Å². The number of aromatic hydroxyl groups is 1. The fourth-order valence-electron chi connectivity index (χ4n) is 7.01. The second kappa shape index (κ2) is 29.5. The van der Waals surface area contributed by atoms with Crippen LogP contribution in [0.15, 0.2) is 139 Å². The third kappa shape index (κ3) is 27.1. The van der Waals surface area contributed by atoms with Gasteiger partial charge in [-0.25, -0.2) is 8.78 Å². The lowest BCUT2D eigenvalue weighted by Gasteiger charge is -2.33. The average molecular weight is 1020 g/mol. The Labute approximate surface area is 447 Å². The molecule has 1 aliphatic heterocycles. The van der Waals surface area contributed by atoms with Crippen LogP contribution in [0, 0.1) is 23.0 Å². The molecule has 0 bridgehead atoms. The van der Waals surface area contributed by atoms with Crippen molar-refractivity contribution in [2.75, 3.05) is 13.2 Å². The van der Waals surface area contributed by atoms with Crippen LogP contribution in [0.3, 0.4) is 0 Å². The first-order valence-electron chi connectivity index (χ1n) is 26.1. The smallest absolute Gasteiger partial charge is 0.248 e. The Bertz CT molecular complexity index is 2370. The first-order chi connectivity index (χ1) is 33.8. The summed E-state index contributed by atoms with van der Waals surface area (Å²) in [5.41, 5.74) is 7.74. The maximum absolute atomic E-state index is 12.9. The van der Waals surface area contributed by atoms with Crippen LogP contribution in [0.5, 0.6) is 5.75 Å². The topological polar surface area (TPSA) is 101 Å². The zero-order valence-corrected chi connectivity index (χ0v) is 49.5. The van der Waals surface area contributed by atoms with Crippen molar-refractivity contribution >= 4 is 0 Å². The Kier molecular flexibility index (Phi) is 26.5. The SMILES string of the molecule is CC(C)(C)C1CCOCC1.CC(C)(C)c1cc[nH]c(=O)c1.CC(C)(C)c1ccc(F)cc1.CC(C)(C)c1cccc(F)c1O.CC(C)(C)c1ccccn1.CC(C)(C)c1cccnc1.CC(C)(C)c1ccncc1. The van der Waals surface area contributed by atoms with Gasteiger partial charge in [-0.05, 0) is 128 Å². The molecule has 2 N–H and O–H groups in total. The molecule has 1 fully saturated rings. The molecule has 2 aromatic carbocycles. The molecule has 6 aromatic rings. The Morgan fingerprint density at radius 1 is 0.514 bits per heavy atom. The number of ether oxygens (including phenoxy) is 1. The van der Waals surface area contributed by atoms with E-state index in [1.54, 1.807) is 30.6 Å². The van der Waals surface area contributed by atoms with E-state index in [9.17, 15) is 18.7 Å². The number of hydrogen-bond acceptors (Lipinski definition) is 6. The van der Waals surface area contributed by atoms with E-state index in [0.29, 0.717) is 11.0 Å². The number of pyridine rings is 4. The highest BCUT2D eigenvalue weighted by Gasteiger charge is 2.26. The summed E-state index contributed by atoms with van der Waals surface area (Å²) in [6.07, 6.45) is 13.4. The molecule has 0 amide bonds. The molecule has 0 radical (unpaired) electrons. The van der Waals surface area contributed by atoms with Crippen LogP contribution in [0.4, 0.5) is 8.78 Å². The predicted octanol–water partition coefficient (Wildman–Crippen LogP) is 17.2. The van der Waals surface area contributed by atoms with E-state index in [0.717, 1.165) is 30.4 Å². The van der Waals surface area contributed by atoms with Gasteiger partial charge in [-0.1, -0.05) is 182 Å². The summed E-state index contributed by atoms with van der Waals surface area (Å²) in [6, 6.07) is 29.0. The number of aromatic nitrogens is 4. The lowest BCUT2D eigenvalue weighted by atomic mass is 9.76. The highest BCUT2D eigenvalue weighted by atomic mass is 19.1. The van der Waals surface area contributed by atoms with Crippen LogP contribution >= 0.6 is 0 Å². The fraction of sp³-hybridized carbons (Fsp3) is 0.508. The van der Waals surface area contributed by atoms with Gasteiger partial charge in [0.25, 0.3) is 0 Å². The Balaban J connectivity index is 0.000000432. The van der Waals surface area contributed by atoms with Crippen molar-refractivity contribution in [3.8, 4) is 5.75 Å². The van der Waals surface area contributed by atoms with Gasteiger partial charge in [-0.2, -0.15) is 0 Å². The predicted molar refractivity (Wildman–Crippen MR) is 309 cm³/mol. The molecule has 0 aliphatic carbocycles. The minimum atomic E-state index is -0.553. The summed E-state index contributed by atoms with van der Waals surface area (Å²) >= 11 is 0. The van der Waals surface area contributed by atoms with Crippen LogP contribution < -0.4 is 5.56 Å². The van der Waals surface area contributed by atoms with Gasteiger partial charge in [0.15, 0.2) is 11.6 Å². The van der Waals surface area contributed by atoms with Crippen molar-refractivity contribution in [2.45, 2.75) is 191 Å². The standard InChI is InChI=1S/C10H13FO.C10H13F.C9H13NO.3C9H13N.C9H18O/c1-10(2,3)7-5-4-6-8(11)9(7)12;1-10(2,3)8-4-6-9(11)7-5-8;1-9(2,3)7-4-5-10-8(11)6-7;1-9(2,3)8-4-6-10-7-5-8;1-9(2,3)8-5-4-6-10-7-8;1-9(2,3)8-6-4-5-7-10-8;1-9(2,3)8-4-6-10-7-5-8/h4-6,12H,1-3H3;4-7H,1-3H3;4-6H,1-3H3,(H,10,11);3*4-7H,1-3H3;8H,4-7H2,1-3H3. The summed E-state index contributed by atoms with van der Waals surface area (Å²) in [6.45, 7) is 46.9. The van der Waals surface area contributed by atoms with Gasteiger partial charge >= 0.3 is 0 Å². The Hall–Kier alpha value is -5.54. The first-order valence-corrected chi connectivity index (χ1v) is 26.1. The van der Waals surface area contributed by atoms with Crippen molar-refractivity contribution in [1.29, 1.82) is 0 Å². The molecule has 0 spiro atoms. The van der Waals surface area contributed by atoms with Gasteiger partial charge in [0.2, 0.25) is 5.56 Å². The maximum Gasteiger partial charge on any atom is 0.248 e. The number of aromatic amines is 1. The number of para-hydroxylation sites is 1. The second-order valence-electron chi connectivity index (χ2n) is 26.0. The number of nitrogens with one attached hydrogen (secondary N) is 1. The van der Waals surface area contributed by atoms with Gasteiger partial charge < -0.3 is 14.8 Å². The first kappa shape index (κ1) is 66.5. The fourth-order valence-corrected chi connectivity index (χ4v) is 7.01. The molecule has 7 rings (SSSR count). The summed E-state index contributed by atoms with van der Waals surface area (Å²) in [4.78, 5) is 25.7. The molecule has 408 valence electrons. The zero-order valence-electron chi connectivity index (χ0n) is 49.5. The molecular weight excluding hydrogens is 923 g/mol. The number of phenolic OH excluding ortho intramolecular Hbond substituents is 1. The van der Waals surface area contributed by atoms with Gasteiger partial charge in [-0.3, -0.25) is 19.7 Å². The lowest BCUT2D eigenvalue weighted by molar-refractivity contribution is 0.0286. The number of nitrogens with zero attached hydrogens (tertiary/aromatic N) is 3. The van der Waals surface area contributed by atoms with Crippen LogP contribution in [0.2, 0.25) is 0 Å². The summed E-state index contributed by atoms with van der Waals surface area (Å²) in [7, 11) is 0. The maximum atomic E-state index is 12.9. The third-order valence-electron chi connectivity index (χ3n) is 12.1. The number of halogens is 2. The Morgan fingerprint density at radius 2 is 1.04 bits per heavy atom. The van der Waals surface area contributed by atoms with E-state index in [-0.39, 0.29) is 49.6 Å². The molecule has 4 aromatic heterocycles. The van der Waals surface area contributed by atoms with Crippen molar-refractivity contribution in [3.05, 3.63) is 190 Å². The van der Waals surface area contributed by atoms with Gasteiger partial charge in [0, 0.05) is 73.1 Å². The number of rotatable bonds is 0. The third-order valence-corrected chi connectivity index (χ3v) is 12.1. The van der Waals surface area contributed by atoms with Crippen molar-refractivity contribution in [1.82, 2.24) is 19.9 Å². The highest BCUT2D eigenvalue weighted by Crippen LogP contribution is 2.34. The molecule has 0 atom stereocenters. The number of hydrogen-bond donors (Lipinski definition) is 2. The van der Waals surface area contributed by atoms with Crippen molar-refractivity contribution in [2.24, 2.45) is 11.3 Å². The van der Waals surface area contributed by atoms with Crippen LogP contribution in [0.1, 0.15) is 192 Å². The van der Waals surface area contributed by atoms with E-state index in [1.165, 1.54) is 47.7 Å². The summed E-state index contributed by atoms with van der Waals surface area (Å²) < 4.78 is 30.6. The minimum absolute atomic E-state index is 0.0302. The van der Waals surface area contributed by atoms with E-state index in [2.05, 4.69) is 169 Å². The van der Waals surface area contributed by atoms with Gasteiger partial charge in [-0.15, -0.1) is 0 Å². The van der Waals surface area contributed by atoms with E-state index < -0.39 is 5.82 Å². The monoisotopic (exact) mass is 1020 g/mol. The van der Waals surface area contributed by atoms with Gasteiger partial charge in [0.1, 0.15) is 5.82 Å². The molecule has 5 heterocycles. The number of phenols is 1. The van der Waals surface area contributed by atoms with Crippen molar-refractivity contribution < 1.29 is 18.6 Å². The van der Waals surface area contributed by atoms with Crippen LogP contribution in [0.25, 0.3) is 0 Å². The zero-order chi connectivity index (χ0) is 56.8. The van der Waals surface area contributed by atoms with E-state index in [1.807, 2.05) is 82.0 Å². The van der Waals surface area contributed by atoms with Crippen LogP contribution in [-0.2, 0) is 37.2 Å². The number of benzene rings is 2. The largest absolute Gasteiger partial charge is 0.505 e. The molecule has 74 heavy (non-hydrogen) atoms. The number of H-pyrrole nitrogens is 1. The molecule has 1 aliphatic rings. The minimum Gasteiger partial charge on any atom is -0.505 e. The van der Waals surface area contributed by atoms with E-state index >= 15 is 0 Å². The quantitative estimate of drug-likeness (QED) is 0.157. The molecule has 9 heteroatoms. The molecule has 0 saturated carbocycles. The average Bonchev–Trinajstić information content (AvgIpc) is 3.30. The Morgan fingerprint density at radius 3 is 1.38 bits per heavy atom. The highest BCUT2D eigenvalue weighted by molar-refractivity contribution is 5.38. The summed E-state index contributed by atoms with van der Waals surface area (Å²) in [5.74, 6) is -0.0772. The summed E-state index contributed by atoms with van der Waals surface area (Å²) in [5, 5.41) is 9.36. The lowest BCUT2D eigenvalue weighted by Crippen LogP contribution is -2.27. The second-order valence-corrected chi connectivity index (χ2v) is 26.0. The van der Waals surface area contributed by atoms with Crippen LogP contribution in [-0.4, -0.2) is 38.3 Å². The van der Waals surface area contributed by atoms with Crippen molar-refractivity contribution in [3.63, 3.8) is 0 Å². The normalized spacial score (nSPS) is 13.1. The molecular formula is C65H96F2N4O3. The molecule has 0 unspecified atom stereocenters.